The average molecular weight is 427 g/mol. The van der Waals surface area contributed by atoms with Gasteiger partial charge in [-0.05, 0) is 56.2 Å². The molecule has 0 spiro atoms. The van der Waals surface area contributed by atoms with E-state index in [9.17, 15) is 4.79 Å². The molecule has 0 aliphatic carbocycles. The monoisotopic (exact) mass is 426 g/mol. The lowest BCUT2D eigenvalue weighted by Gasteiger charge is -2.11. The predicted molar refractivity (Wildman–Crippen MR) is 118 cm³/mol. The van der Waals surface area contributed by atoms with Gasteiger partial charge in [0.15, 0.2) is 11.0 Å². The summed E-state index contributed by atoms with van der Waals surface area (Å²) in [6, 6.07) is 13.3. The number of carbonyl (C=O) groups excluding carboxylic acids is 1. The van der Waals surface area contributed by atoms with Gasteiger partial charge >= 0.3 is 0 Å². The van der Waals surface area contributed by atoms with Crippen molar-refractivity contribution in [2.75, 3.05) is 18.2 Å². The van der Waals surface area contributed by atoms with Gasteiger partial charge in [-0.15, -0.1) is 10.2 Å². The molecule has 1 N–H and O–H groups in total. The van der Waals surface area contributed by atoms with Crippen molar-refractivity contribution in [2.24, 2.45) is 0 Å². The second kappa shape index (κ2) is 10.2. The number of methoxy groups -OCH3 is 1. The topological polar surface area (TPSA) is 78.3 Å². The van der Waals surface area contributed by atoms with E-state index >= 15 is 0 Å². The molecule has 0 unspecified atom stereocenters. The Morgan fingerprint density at radius 2 is 1.93 bits per heavy atom. The van der Waals surface area contributed by atoms with Crippen molar-refractivity contribution in [1.82, 2.24) is 14.8 Å². The van der Waals surface area contributed by atoms with Crippen LogP contribution in [0.1, 0.15) is 23.9 Å². The Kier molecular flexibility index (Phi) is 7.35. The molecule has 8 heteroatoms. The first-order valence-corrected chi connectivity index (χ1v) is 10.7. The lowest BCUT2D eigenvalue weighted by atomic mass is 10.1. The van der Waals surface area contributed by atoms with Gasteiger partial charge in [-0.25, -0.2) is 0 Å². The number of benzene rings is 2. The summed E-state index contributed by atoms with van der Waals surface area (Å²) in [5.74, 6) is 2.23. The van der Waals surface area contributed by atoms with Crippen molar-refractivity contribution in [3.8, 4) is 11.5 Å². The number of nitrogens with one attached hydrogen (secondary N) is 1. The number of para-hydroxylation sites is 2. The van der Waals surface area contributed by atoms with Crippen LogP contribution in [-0.4, -0.2) is 33.5 Å². The molecule has 0 atom stereocenters. The average Bonchev–Trinajstić information content (AvgIpc) is 3.15. The number of ether oxygens (including phenoxy) is 2. The van der Waals surface area contributed by atoms with Crippen LogP contribution in [0, 0.1) is 13.8 Å². The van der Waals surface area contributed by atoms with Crippen molar-refractivity contribution < 1.29 is 14.3 Å². The van der Waals surface area contributed by atoms with E-state index in [0.717, 1.165) is 11.6 Å². The highest BCUT2D eigenvalue weighted by molar-refractivity contribution is 7.99. The molecule has 30 heavy (non-hydrogen) atoms. The first-order valence-electron chi connectivity index (χ1n) is 9.69. The van der Waals surface area contributed by atoms with Crippen molar-refractivity contribution >= 4 is 23.4 Å². The number of carbonyl (C=O) groups is 1. The van der Waals surface area contributed by atoms with E-state index in [4.69, 9.17) is 9.47 Å². The molecule has 0 saturated carbocycles. The van der Waals surface area contributed by atoms with Crippen molar-refractivity contribution in [3.05, 3.63) is 59.4 Å². The van der Waals surface area contributed by atoms with E-state index in [2.05, 4.69) is 29.4 Å². The fraction of sp³-hybridized carbons (Fsp3) is 0.318. The zero-order chi connectivity index (χ0) is 21.5. The number of hydrogen-bond acceptors (Lipinski definition) is 6. The molecular weight excluding hydrogens is 400 g/mol. The number of thioether (sulfide) groups is 1. The third-order valence-electron chi connectivity index (χ3n) is 4.67. The highest BCUT2D eigenvalue weighted by atomic mass is 32.2. The maximum absolute atomic E-state index is 12.4. The lowest BCUT2D eigenvalue weighted by Crippen LogP contribution is -2.15. The van der Waals surface area contributed by atoms with E-state index in [1.165, 1.54) is 22.9 Å². The van der Waals surface area contributed by atoms with Gasteiger partial charge in [0, 0.05) is 6.54 Å². The predicted octanol–water partition coefficient (Wildman–Crippen LogP) is 4.23. The highest BCUT2D eigenvalue weighted by Crippen LogP contribution is 2.24. The summed E-state index contributed by atoms with van der Waals surface area (Å²) in [7, 11) is 1.57. The summed E-state index contributed by atoms with van der Waals surface area (Å²) in [5.41, 5.74) is 3.05. The zero-order valence-corrected chi connectivity index (χ0v) is 18.5. The van der Waals surface area contributed by atoms with E-state index in [1.807, 2.05) is 41.8 Å². The highest BCUT2D eigenvalue weighted by Gasteiger charge is 2.14. The second-order valence-corrected chi connectivity index (χ2v) is 7.66. The van der Waals surface area contributed by atoms with E-state index in [-0.39, 0.29) is 11.7 Å². The van der Waals surface area contributed by atoms with Crippen LogP contribution in [0.15, 0.2) is 47.6 Å². The zero-order valence-electron chi connectivity index (χ0n) is 17.6. The lowest BCUT2D eigenvalue weighted by molar-refractivity contribution is -0.113. The fourth-order valence-electron chi connectivity index (χ4n) is 2.87. The third kappa shape index (κ3) is 5.33. The third-order valence-corrected chi connectivity index (χ3v) is 5.64. The minimum absolute atomic E-state index is 0.136. The number of hydrogen-bond donors (Lipinski definition) is 1. The van der Waals surface area contributed by atoms with Gasteiger partial charge in [0.05, 0.1) is 18.6 Å². The van der Waals surface area contributed by atoms with Crippen molar-refractivity contribution in [3.63, 3.8) is 0 Å². The largest absolute Gasteiger partial charge is 0.495 e. The van der Waals surface area contributed by atoms with E-state index < -0.39 is 0 Å². The summed E-state index contributed by atoms with van der Waals surface area (Å²) in [5, 5.41) is 12.0. The Morgan fingerprint density at radius 1 is 1.13 bits per heavy atom. The minimum Gasteiger partial charge on any atom is -0.495 e. The van der Waals surface area contributed by atoms with Gasteiger partial charge in [-0.3, -0.25) is 4.79 Å². The maximum Gasteiger partial charge on any atom is 0.234 e. The first-order chi connectivity index (χ1) is 14.5. The Bertz CT molecular complexity index is 1020. The molecular formula is C22H26N4O3S. The van der Waals surface area contributed by atoms with Gasteiger partial charge in [0.2, 0.25) is 5.91 Å². The first kappa shape index (κ1) is 21.7. The number of rotatable bonds is 9. The molecule has 3 rings (SSSR count). The van der Waals surface area contributed by atoms with Crippen LogP contribution >= 0.6 is 11.8 Å². The summed E-state index contributed by atoms with van der Waals surface area (Å²) < 4.78 is 13.1. The molecule has 0 radical (unpaired) electrons. The van der Waals surface area contributed by atoms with Gasteiger partial charge in [0.25, 0.3) is 0 Å². The van der Waals surface area contributed by atoms with E-state index in [1.54, 1.807) is 19.2 Å². The Hall–Kier alpha value is -3.00. The molecule has 3 aromatic rings. The summed E-state index contributed by atoms with van der Waals surface area (Å²) in [6.07, 6.45) is 0. The quantitative estimate of drug-likeness (QED) is 0.516. The molecule has 2 aromatic carbocycles. The van der Waals surface area contributed by atoms with Gasteiger partial charge in [-0.2, -0.15) is 0 Å². The molecule has 1 amide bonds. The van der Waals surface area contributed by atoms with Gasteiger partial charge in [0.1, 0.15) is 18.1 Å². The molecule has 158 valence electrons. The molecule has 0 aliphatic heterocycles. The van der Waals surface area contributed by atoms with Crippen LogP contribution in [0.5, 0.6) is 11.5 Å². The molecule has 1 heterocycles. The van der Waals surface area contributed by atoms with Gasteiger partial charge < -0.3 is 19.4 Å². The minimum atomic E-state index is -0.136. The normalized spacial score (nSPS) is 10.7. The number of anilines is 1. The smallest absolute Gasteiger partial charge is 0.234 e. The van der Waals surface area contributed by atoms with Crippen LogP contribution in [0.2, 0.25) is 0 Å². The Labute approximate surface area is 180 Å². The molecule has 0 aliphatic rings. The van der Waals surface area contributed by atoms with Crippen LogP contribution in [0.25, 0.3) is 0 Å². The standard InChI is InChI=1S/C22H26N4O3S/c1-5-26-20(13-29-17-11-10-15(2)16(3)12-17)24-25-22(26)30-14-21(27)23-18-8-6-7-9-19(18)28-4/h6-12H,5,13-14H2,1-4H3,(H,23,27). The van der Waals surface area contributed by atoms with Gasteiger partial charge in [-0.1, -0.05) is 30.0 Å². The SMILES string of the molecule is CCn1c(COc2ccc(C)c(C)c2)nnc1SCC(=O)Nc1ccccc1OC. The summed E-state index contributed by atoms with van der Waals surface area (Å²) in [6.45, 7) is 7.15. The number of amides is 1. The number of aromatic nitrogens is 3. The molecule has 0 fully saturated rings. The Balaban J connectivity index is 1.59. The second-order valence-electron chi connectivity index (χ2n) is 6.71. The van der Waals surface area contributed by atoms with Crippen molar-refractivity contribution in [2.45, 2.75) is 39.1 Å². The van der Waals surface area contributed by atoms with Crippen LogP contribution in [0.4, 0.5) is 5.69 Å². The molecule has 7 nitrogen and oxygen atoms in total. The fourth-order valence-corrected chi connectivity index (χ4v) is 3.69. The summed E-state index contributed by atoms with van der Waals surface area (Å²) >= 11 is 1.34. The number of nitrogens with zero attached hydrogens (tertiary/aromatic N) is 3. The van der Waals surface area contributed by atoms with Crippen LogP contribution in [-0.2, 0) is 17.9 Å². The summed E-state index contributed by atoms with van der Waals surface area (Å²) in [4.78, 5) is 12.4. The van der Waals surface area contributed by atoms with Crippen molar-refractivity contribution in [1.29, 1.82) is 0 Å². The Morgan fingerprint density at radius 3 is 2.67 bits per heavy atom. The van der Waals surface area contributed by atoms with Crippen LogP contribution < -0.4 is 14.8 Å². The molecule has 0 saturated heterocycles. The maximum atomic E-state index is 12.4. The molecule has 1 aromatic heterocycles. The van der Waals surface area contributed by atoms with E-state index in [0.29, 0.717) is 29.7 Å². The molecule has 0 bridgehead atoms. The van der Waals surface area contributed by atoms with Crippen LogP contribution in [0.3, 0.4) is 0 Å². The number of aryl methyl sites for hydroxylation is 2.